The van der Waals surface area contributed by atoms with Crippen molar-refractivity contribution in [1.82, 2.24) is 14.9 Å². The molecule has 2 saturated heterocycles. The number of hydrogen-bond donors (Lipinski definition) is 0. The van der Waals surface area contributed by atoms with Crippen LogP contribution in [0.15, 0.2) is 6.07 Å². The van der Waals surface area contributed by atoms with Gasteiger partial charge in [0.05, 0.1) is 0 Å². The first-order valence-electron chi connectivity index (χ1n) is 9.07. The lowest BCUT2D eigenvalue weighted by molar-refractivity contribution is 0.0868. The lowest BCUT2D eigenvalue weighted by Gasteiger charge is -2.49. The van der Waals surface area contributed by atoms with Crippen molar-refractivity contribution in [1.29, 1.82) is 0 Å². The van der Waals surface area contributed by atoms with Crippen LogP contribution in [0.3, 0.4) is 0 Å². The molecule has 4 heteroatoms. The van der Waals surface area contributed by atoms with Crippen molar-refractivity contribution < 1.29 is 0 Å². The van der Waals surface area contributed by atoms with Gasteiger partial charge < -0.3 is 4.90 Å². The van der Waals surface area contributed by atoms with Crippen LogP contribution in [0.1, 0.15) is 62.8 Å². The smallest absolute Gasteiger partial charge is 0.225 e. The Kier molecular flexibility index (Phi) is 3.81. The number of nitrogens with zero attached hydrogens (tertiary/aromatic N) is 4. The zero-order valence-electron chi connectivity index (χ0n) is 14.0. The van der Waals surface area contributed by atoms with Gasteiger partial charge >= 0.3 is 0 Å². The van der Waals surface area contributed by atoms with Crippen LogP contribution >= 0.6 is 0 Å². The molecule has 1 aromatic rings. The molecular formula is C18H28N4. The second-order valence-corrected chi connectivity index (χ2v) is 7.50. The number of anilines is 1. The Morgan fingerprint density at radius 2 is 1.86 bits per heavy atom. The van der Waals surface area contributed by atoms with E-state index in [1.165, 1.54) is 50.8 Å². The summed E-state index contributed by atoms with van der Waals surface area (Å²) in [5, 5.41) is 0. The monoisotopic (exact) mass is 300 g/mol. The SMILES string of the molecule is Cc1cc(C2CCC2)nc(N2CC(N3CCCC[C@@H]3C)C2)n1. The largest absolute Gasteiger partial charge is 0.338 e. The first-order chi connectivity index (χ1) is 10.7. The van der Waals surface area contributed by atoms with Gasteiger partial charge in [-0.15, -0.1) is 0 Å². The van der Waals surface area contributed by atoms with Gasteiger partial charge in [0.15, 0.2) is 0 Å². The molecule has 0 spiro atoms. The molecule has 3 heterocycles. The molecule has 2 aliphatic heterocycles. The van der Waals surface area contributed by atoms with Gasteiger partial charge in [0.2, 0.25) is 5.95 Å². The normalized spacial score (nSPS) is 27.5. The maximum atomic E-state index is 4.87. The van der Waals surface area contributed by atoms with Gasteiger partial charge in [-0.25, -0.2) is 9.97 Å². The standard InChI is InChI=1S/C18H28N4/c1-13-10-17(15-7-5-8-15)20-18(19-13)21-11-16(12-21)22-9-4-3-6-14(22)2/h10,14-16H,3-9,11-12H2,1-2H3/t14-/m0/s1. The summed E-state index contributed by atoms with van der Waals surface area (Å²) >= 11 is 0. The molecule has 4 rings (SSSR count). The summed E-state index contributed by atoms with van der Waals surface area (Å²) in [6.07, 6.45) is 8.12. The molecule has 3 aliphatic rings. The van der Waals surface area contributed by atoms with Gasteiger partial charge in [-0.05, 0) is 52.1 Å². The maximum Gasteiger partial charge on any atom is 0.225 e. The van der Waals surface area contributed by atoms with Gasteiger partial charge in [-0.2, -0.15) is 0 Å². The number of rotatable bonds is 3. The van der Waals surface area contributed by atoms with E-state index in [0.29, 0.717) is 12.0 Å². The fraction of sp³-hybridized carbons (Fsp3) is 0.778. The van der Waals surface area contributed by atoms with Crippen molar-refractivity contribution in [3.8, 4) is 0 Å². The van der Waals surface area contributed by atoms with Gasteiger partial charge in [-0.1, -0.05) is 12.8 Å². The minimum absolute atomic E-state index is 0.694. The van der Waals surface area contributed by atoms with Crippen molar-refractivity contribution in [3.05, 3.63) is 17.5 Å². The van der Waals surface area contributed by atoms with Crippen LogP contribution in [-0.2, 0) is 0 Å². The Morgan fingerprint density at radius 1 is 1.05 bits per heavy atom. The van der Waals surface area contributed by atoms with Crippen LogP contribution in [0.25, 0.3) is 0 Å². The molecule has 0 unspecified atom stereocenters. The Labute approximate surface area is 133 Å². The molecule has 1 saturated carbocycles. The molecule has 0 N–H and O–H groups in total. The van der Waals surface area contributed by atoms with Crippen molar-refractivity contribution >= 4 is 5.95 Å². The molecule has 1 aromatic heterocycles. The van der Waals surface area contributed by atoms with Crippen LogP contribution in [0.2, 0.25) is 0 Å². The third-order valence-electron chi connectivity index (χ3n) is 5.85. The number of hydrogen-bond acceptors (Lipinski definition) is 4. The van der Waals surface area contributed by atoms with Crippen molar-refractivity contribution in [2.75, 3.05) is 24.5 Å². The zero-order chi connectivity index (χ0) is 15.1. The highest BCUT2D eigenvalue weighted by Gasteiger charge is 2.36. The maximum absolute atomic E-state index is 4.87. The highest BCUT2D eigenvalue weighted by molar-refractivity contribution is 5.38. The average Bonchev–Trinajstić information content (AvgIpc) is 2.36. The summed E-state index contributed by atoms with van der Waals surface area (Å²) in [6.45, 7) is 7.99. The first-order valence-corrected chi connectivity index (χ1v) is 9.07. The number of piperidine rings is 1. The van der Waals surface area contributed by atoms with E-state index >= 15 is 0 Å². The van der Waals surface area contributed by atoms with Crippen LogP contribution < -0.4 is 4.90 Å². The van der Waals surface area contributed by atoms with Gasteiger partial charge in [0.25, 0.3) is 0 Å². The van der Waals surface area contributed by atoms with Gasteiger partial charge in [-0.3, -0.25) is 4.90 Å². The Morgan fingerprint density at radius 3 is 2.55 bits per heavy atom. The molecular weight excluding hydrogens is 272 g/mol. The summed E-state index contributed by atoms with van der Waals surface area (Å²) in [6, 6.07) is 3.66. The quantitative estimate of drug-likeness (QED) is 0.858. The van der Waals surface area contributed by atoms with Gasteiger partial charge in [0.1, 0.15) is 0 Å². The molecule has 3 fully saturated rings. The topological polar surface area (TPSA) is 32.3 Å². The van der Waals surface area contributed by atoms with Crippen LogP contribution in [0, 0.1) is 6.92 Å². The lowest BCUT2D eigenvalue weighted by atomic mass is 9.82. The second kappa shape index (κ2) is 5.80. The third-order valence-corrected chi connectivity index (χ3v) is 5.85. The minimum Gasteiger partial charge on any atom is -0.338 e. The molecule has 120 valence electrons. The Hall–Kier alpha value is -1.16. The van der Waals surface area contributed by atoms with E-state index in [2.05, 4.69) is 29.7 Å². The van der Waals surface area contributed by atoms with Gasteiger partial charge in [0, 0.05) is 42.5 Å². The molecule has 0 aromatic carbocycles. The molecule has 1 aliphatic carbocycles. The minimum atomic E-state index is 0.694. The Bertz CT molecular complexity index is 534. The predicted molar refractivity (Wildman–Crippen MR) is 89.4 cm³/mol. The van der Waals surface area contributed by atoms with Crippen LogP contribution in [0.5, 0.6) is 0 Å². The summed E-state index contributed by atoms with van der Waals surface area (Å²) in [7, 11) is 0. The highest BCUT2D eigenvalue weighted by atomic mass is 15.4. The van der Waals surface area contributed by atoms with Crippen molar-refractivity contribution in [3.63, 3.8) is 0 Å². The van der Waals surface area contributed by atoms with E-state index in [1.807, 2.05) is 0 Å². The summed E-state index contributed by atoms with van der Waals surface area (Å²) < 4.78 is 0. The fourth-order valence-corrected chi connectivity index (χ4v) is 4.12. The number of aryl methyl sites for hydroxylation is 1. The van der Waals surface area contributed by atoms with E-state index in [-0.39, 0.29) is 0 Å². The molecule has 4 nitrogen and oxygen atoms in total. The van der Waals surface area contributed by atoms with E-state index < -0.39 is 0 Å². The third kappa shape index (κ3) is 2.62. The molecule has 1 atom stereocenters. The second-order valence-electron chi connectivity index (χ2n) is 7.50. The lowest BCUT2D eigenvalue weighted by Crippen LogP contribution is -2.62. The summed E-state index contributed by atoms with van der Waals surface area (Å²) in [5.41, 5.74) is 2.41. The predicted octanol–water partition coefficient (Wildman–Crippen LogP) is 3.12. The number of likely N-dealkylation sites (tertiary alicyclic amines) is 1. The average molecular weight is 300 g/mol. The van der Waals surface area contributed by atoms with E-state index in [0.717, 1.165) is 30.8 Å². The van der Waals surface area contributed by atoms with Crippen molar-refractivity contribution in [2.24, 2.45) is 0 Å². The number of aromatic nitrogens is 2. The molecule has 0 amide bonds. The highest BCUT2D eigenvalue weighted by Crippen LogP contribution is 2.36. The molecule has 0 radical (unpaired) electrons. The van der Waals surface area contributed by atoms with E-state index in [9.17, 15) is 0 Å². The summed E-state index contributed by atoms with van der Waals surface area (Å²) in [5.74, 6) is 1.67. The fourth-order valence-electron chi connectivity index (χ4n) is 4.12. The summed E-state index contributed by atoms with van der Waals surface area (Å²) in [4.78, 5) is 14.7. The molecule has 0 bridgehead atoms. The van der Waals surface area contributed by atoms with Crippen LogP contribution in [-0.4, -0.2) is 46.6 Å². The van der Waals surface area contributed by atoms with Crippen molar-refractivity contribution in [2.45, 2.75) is 70.4 Å². The van der Waals surface area contributed by atoms with Crippen LogP contribution in [0.4, 0.5) is 5.95 Å². The first kappa shape index (κ1) is 14.4. The zero-order valence-corrected chi connectivity index (χ0v) is 14.0. The van der Waals surface area contributed by atoms with E-state index in [4.69, 9.17) is 9.97 Å². The molecule has 22 heavy (non-hydrogen) atoms. The Balaban J connectivity index is 1.42. The van der Waals surface area contributed by atoms with E-state index in [1.54, 1.807) is 0 Å².